The van der Waals surface area contributed by atoms with Gasteiger partial charge in [-0.05, 0) is 55.2 Å². The lowest BCUT2D eigenvalue weighted by Gasteiger charge is -2.33. The Morgan fingerprint density at radius 2 is 1.17 bits per heavy atom. The number of nitrogens with two attached hydrogens (primary N) is 1. The summed E-state index contributed by atoms with van der Waals surface area (Å²) in [6.45, 7) is 0.407. The molecule has 0 saturated heterocycles. The molecule has 0 radical (unpaired) electrons. The normalized spacial score (nSPS) is 23.1. The van der Waals surface area contributed by atoms with Crippen molar-refractivity contribution in [1.29, 1.82) is 0 Å². The van der Waals surface area contributed by atoms with Crippen molar-refractivity contribution >= 4 is 24.0 Å². The first-order chi connectivity index (χ1) is 22.9. The van der Waals surface area contributed by atoms with Crippen molar-refractivity contribution < 1.29 is 28.7 Å². The molecular formula is C34H48N8O6. The van der Waals surface area contributed by atoms with E-state index in [-0.39, 0.29) is 61.0 Å². The van der Waals surface area contributed by atoms with Gasteiger partial charge in [-0.15, -0.1) is 0 Å². The number of hydrogen-bond donors (Lipinski definition) is 3. The molecule has 0 bridgehead atoms. The third kappa shape index (κ3) is 12.8. The lowest BCUT2D eigenvalue weighted by atomic mass is 9.82. The third-order valence-corrected chi connectivity index (χ3v) is 8.29. The Morgan fingerprint density at radius 1 is 0.729 bits per heavy atom. The molecular weight excluding hydrogens is 616 g/mol. The van der Waals surface area contributed by atoms with Crippen molar-refractivity contribution in [2.24, 2.45) is 22.7 Å². The molecule has 48 heavy (non-hydrogen) atoms. The van der Waals surface area contributed by atoms with Crippen LogP contribution in [-0.2, 0) is 32.3 Å². The van der Waals surface area contributed by atoms with Crippen LogP contribution in [0.1, 0.15) is 49.7 Å². The van der Waals surface area contributed by atoms with Gasteiger partial charge in [-0.3, -0.25) is 9.59 Å². The predicted octanol–water partition coefficient (Wildman–Crippen LogP) is 4.35. The fourth-order valence-corrected chi connectivity index (χ4v) is 6.05. The van der Waals surface area contributed by atoms with E-state index in [4.69, 9.17) is 20.7 Å². The molecule has 6 atom stereocenters. The first-order valence-corrected chi connectivity index (χ1v) is 16.1. The van der Waals surface area contributed by atoms with E-state index in [0.717, 1.165) is 11.1 Å². The summed E-state index contributed by atoms with van der Waals surface area (Å²) in [4.78, 5) is 54.3. The van der Waals surface area contributed by atoms with E-state index in [1.807, 2.05) is 60.7 Å². The van der Waals surface area contributed by atoms with Crippen LogP contribution in [0, 0.1) is 11.8 Å². The maximum absolute atomic E-state index is 12.2. The summed E-state index contributed by atoms with van der Waals surface area (Å²) < 4.78 is 10.4. The number of amides is 4. The number of nitrogens with one attached hydrogen (secondary N) is 2. The molecule has 2 fully saturated rings. The number of rotatable bonds is 9. The van der Waals surface area contributed by atoms with Crippen LogP contribution in [0.4, 0.5) is 9.59 Å². The quantitative estimate of drug-likeness (QED) is 0.202. The molecule has 260 valence electrons. The fraction of sp³-hybridized carbons (Fsp3) is 0.529. The molecule has 4 amide bonds. The molecule has 4 N–H and O–H groups in total. The summed E-state index contributed by atoms with van der Waals surface area (Å²) >= 11 is 0. The number of hydrogen-bond acceptors (Lipinski definition) is 8. The van der Waals surface area contributed by atoms with Crippen LogP contribution in [-0.4, -0.2) is 86.2 Å². The molecule has 0 heterocycles. The van der Waals surface area contributed by atoms with Gasteiger partial charge in [-0.1, -0.05) is 65.8 Å². The van der Waals surface area contributed by atoms with E-state index in [2.05, 4.69) is 20.7 Å². The Hall–Kier alpha value is -4.81. The number of carbonyl (C=O) groups is 4. The summed E-state index contributed by atoms with van der Waals surface area (Å²) in [5, 5.41) is 9.36. The minimum absolute atomic E-state index is 0.0257. The summed E-state index contributed by atoms with van der Waals surface area (Å²) in [5.74, 6) is -0.390. The Labute approximate surface area is 281 Å². The number of carbonyl (C=O) groups excluding carboxylic acids is 4. The summed E-state index contributed by atoms with van der Waals surface area (Å²) in [6.07, 6.45) is 2.43. The van der Waals surface area contributed by atoms with Crippen LogP contribution < -0.4 is 16.4 Å². The van der Waals surface area contributed by atoms with Gasteiger partial charge in [-0.25, -0.2) is 9.59 Å². The van der Waals surface area contributed by atoms with Gasteiger partial charge in [0.15, 0.2) is 0 Å². The number of benzene rings is 2. The summed E-state index contributed by atoms with van der Waals surface area (Å²) in [7, 11) is 6.85. The molecule has 4 rings (SSSR count). The number of ether oxygens (including phenoxy) is 2. The lowest BCUT2D eigenvalue weighted by molar-refractivity contribution is -0.135. The highest BCUT2D eigenvalue weighted by Gasteiger charge is 2.35. The van der Waals surface area contributed by atoms with Gasteiger partial charge in [0.25, 0.3) is 0 Å². The SMILES string of the molecule is CN(C)C(=O)[C@H]1C[C@@H](N)C[C@@H](NC(=O)OCc2ccccc2)C1.CN(C)C(=O)[C@H]1C[C@@H](N=[N+]=[N-])C[C@@H](NC(=O)OCc2ccccc2)C1. The average Bonchev–Trinajstić information content (AvgIpc) is 3.06. The van der Waals surface area contributed by atoms with E-state index < -0.39 is 12.2 Å². The molecule has 0 aromatic heterocycles. The smallest absolute Gasteiger partial charge is 0.407 e. The van der Waals surface area contributed by atoms with Crippen molar-refractivity contribution in [3.63, 3.8) is 0 Å². The molecule has 2 aromatic carbocycles. The van der Waals surface area contributed by atoms with E-state index in [1.54, 1.807) is 33.1 Å². The van der Waals surface area contributed by atoms with Crippen LogP contribution in [0.5, 0.6) is 0 Å². The van der Waals surface area contributed by atoms with Gasteiger partial charge >= 0.3 is 12.2 Å². The molecule has 0 aliphatic heterocycles. The van der Waals surface area contributed by atoms with Crippen LogP contribution in [0.15, 0.2) is 65.8 Å². The van der Waals surface area contributed by atoms with E-state index >= 15 is 0 Å². The zero-order chi connectivity index (χ0) is 35.1. The molecule has 14 nitrogen and oxygen atoms in total. The monoisotopic (exact) mass is 664 g/mol. The van der Waals surface area contributed by atoms with Crippen molar-refractivity contribution in [2.75, 3.05) is 28.2 Å². The Kier molecular flexibility index (Phi) is 15.0. The third-order valence-electron chi connectivity index (χ3n) is 8.29. The fourth-order valence-electron chi connectivity index (χ4n) is 6.05. The van der Waals surface area contributed by atoms with E-state index in [1.165, 1.54) is 4.90 Å². The molecule has 2 saturated carbocycles. The van der Waals surface area contributed by atoms with Gasteiger partial charge < -0.3 is 35.6 Å². The first kappa shape index (κ1) is 37.6. The standard InChI is InChI=1S/C17H23N5O3.C17H25N3O3/c1-22(2)16(23)13-8-14(10-15(9-13)20-21-18)19-17(24)25-11-12-6-4-3-5-7-12;1-20(2)16(21)13-8-14(18)10-15(9-13)19-17(22)23-11-12-6-4-3-5-7-12/h3-7,13-15H,8-11H2,1-2H3,(H,19,24);3-7,13-15H,8-11,18H2,1-2H3,(H,19,22)/t2*13-,14+,15-/m10/s1. The number of nitrogens with zero attached hydrogens (tertiary/aromatic N) is 5. The summed E-state index contributed by atoms with van der Waals surface area (Å²) in [5.41, 5.74) is 16.5. The highest BCUT2D eigenvalue weighted by Crippen LogP contribution is 2.29. The minimum atomic E-state index is -0.536. The Bertz CT molecular complexity index is 1390. The Balaban J connectivity index is 0.000000261. The second-order valence-corrected chi connectivity index (χ2v) is 12.7. The molecule has 2 aliphatic carbocycles. The highest BCUT2D eigenvalue weighted by molar-refractivity contribution is 5.79. The highest BCUT2D eigenvalue weighted by atomic mass is 16.6. The maximum atomic E-state index is 12.2. The van der Waals surface area contributed by atoms with Gasteiger partial charge in [0.05, 0.1) is 0 Å². The molecule has 0 unspecified atom stereocenters. The van der Waals surface area contributed by atoms with Crippen LogP contribution in [0.25, 0.3) is 10.4 Å². The molecule has 2 aliphatic rings. The zero-order valence-electron chi connectivity index (χ0n) is 28.2. The van der Waals surface area contributed by atoms with Gasteiger partial charge in [0, 0.05) is 69.1 Å². The molecule has 0 spiro atoms. The van der Waals surface area contributed by atoms with Crippen molar-refractivity contribution in [2.45, 2.75) is 75.9 Å². The minimum Gasteiger partial charge on any atom is -0.445 e. The van der Waals surface area contributed by atoms with Crippen LogP contribution >= 0.6 is 0 Å². The summed E-state index contributed by atoms with van der Waals surface area (Å²) in [6, 6.07) is 18.1. The van der Waals surface area contributed by atoms with E-state index in [9.17, 15) is 19.2 Å². The van der Waals surface area contributed by atoms with E-state index in [0.29, 0.717) is 38.5 Å². The molecule has 2 aromatic rings. The second kappa shape index (κ2) is 19.1. The molecule has 14 heteroatoms. The first-order valence-electron chi connectivity index (χ1n) is 16.1. The second-order valence-electron chi connectivity index (χ2n) is 12.7. The number of alkyl carbamates (subject to hydrolysis) is 2. The number of azide groups is 1. The van der Waals surface area contributed by atoms with Crippen molar-refractivity contribution in [3.05, 3.63) is 82.2 Å². The van der Waals surface area contributed by atoms with Crippen molar-refractivity contribution in [1.82, 2.24) is 20.4 Å². The van der Waals surface area contributed by atoms with Crippen LogP contribution in [0.3, 0.4) is 0 Å². The average molecular weight is 665 g/mol. The zero-order valence-corrected chi connectivity index (χ0v) is 28.2. The van der Waals surface area contributed by atoms with Gasteiger partial charge in [0.1, 0.15) is 13.2 Å². The largest absolute Gasteiger partial charge is 0.445 e. The van der Waals surface area contributed by atoms with Crippen LogP contribution in [0.2, 0.25) is 0 Å². The topological polar surface area (TPSA) is 192 Å². The Morgan fingerprint density at radius 3 is 1.60 bits per heavy atom. The predicted molar refractivity (Wildman–Crippen MR) is 180 cm³/mol. The van der Waals surface area contributed by atoms with Gasteiger partial charge in [-0.2, -0.15) is 0 Å². The maximum Gasteiger partial charge on any atom is 0.407 e. The lowest BCUT2D eigenvalue weighted by Crippen LogP contribution is -2.48. The van der Waals surface area contributed by atoms with Gasteiger partial charge in [0.2, 0.25) is 11.8 Å². The van der Waals surface area contributed by atoms with Crippen molar-refractivity contribution in [3.8, 4) is 0 Å².